The highest BCUT2D eigenvalue weighted by Gasteiger charge is 2.29. The molecule has 4 nitrogen and oxygen atoms in total. The van der Waals surface area contributed by atoms with Gasteiger partial charge in [0.15, 0.2) is 0 Å². The third-order valence-corrected chi connectivity index (χ3v) is 3.88. The van der Waals surface area contributed by atoms with E-state index in [2.05, 4.69) is 30.8 Å². The molecule has 2 aromatic heterocycles. The molecule has 1 saturated heterocycles. The van der Waals surface area contributed by atoms with E-state index in [0.717, 1.165) is 29.1 Å². The molecule has 3 heterocycles. The van der Waals surface area contributed by atoms with Crippen LogP contribution in [0.15, 0.2) is 41.3 Å². The minimum absolute atomic E-state index is 0.497. The van der Waals surface area contributed by atoms with Crippen molar-refractivity contribution in [3.63, 3.8) is 0 Å². The Bertz CT molecular complexity index is 590. The van der Waals surface area contributed by atoms with Gasteiger partial charge in [-0.3, -0.25) is 4.98 Å². The highest BCUT2D eigenvalue weighted by molar-refractivity contribution is 9.10. The number of ether oxygens (including phenoxy) is 1. The van der Waals surface area contributed by atoms with Crippen LogP contribution in [0.5, 0.6) is 5.75 Å². The molecular weight excluding hydrogens is 342 g/mol. The molecule has 0 spiro atoms. The van der Waals surface area contributed by atoms with E-state index in [1.807, 2.05) is 18.2 Å². The minimum atomic E-state index is 0.497. The van der Waals surface area contributed by atoms with Crippen LogP contribution < -0.4 is 9.64 Å². The second-order valence-corrected chi connectivity index (χ2v) is 6.05. The number of halogens is 2. The fraction of sp³-hybridized carbons (Fsp3) is 0.286. The molecule has 0 atom stereocenters. The van der Waals surface area contributed by atoms with Crippen LogP contribution in [0.3, 0.4) is 0 Å². The maximum Gasteiger partial charge on any atom is 0.147 e. The van der Waals surface area contributed by atoms with E-state index in [4.69, 9.17) is 16.3 Å². The molecule has 1 aliphatic rings. The molecule has 2 aromatic rings. The van der Waals surface area contributed by atoms with Crippen LogP contribution in [-0.4, -0.2) is 29.7 Å². The van der Waals surface area contributed by atoms with Crippen molar-refractivity contribution in [2.75, 3.05) is 24.6 Å². The van der Waals surface area contributed by atoms with Gasteiger partial charge >= 0.3 is 0 Å². The van der Waals surface area contributed by atoms with Crippen molar-refractivity contribution in [3.05, 3.63) is 46.3 Å². The van der Waals surface area contributed by atoms with Crippen LogP contribution >= 0.6 is 27.5 Å². The Labute approximate surface area is 130 Å². The van der Waals surface area contributed by atoms with Gasteiger partial charge in [0.05, 0.1) is 17.8 Å². The number of aromatic nitrogens is 2. The van der Waals surface area contributed by atoms with Crippen LogP contribution in [0.25, 0.3) is 0 Å². The number of hydrogen-bond acceptors (Lipinski definition) is 4. The number of rotatable bonds is 4. The van der Waals surface area contributed by atoms with Crippen molar-refractivity contribution in [2.45, 2.75) is 0 Å². The maximum atomic E-state index is 6.18. The Morgan fingerprint density at radius 3 is 2.95 bits per heavy atom. The number of pyridine rings is 2. The highest BCUT2D eigenvalue weighted by Crippen LogP contribution is 2.31. The Kier molecular flexibility index (Phi) is 4.08. The standard InChI is InChI=1S/C14H13BrClN3O/c15-11-4-13(16)14(18-5-11)19-7-10(8-19)9-20-12-2-1-3-17-6-12/h1-6,10H,7-9H2. The molecule has 1 fully saturated rings. The predicted molar refractivity (Wildman–Crippen MR) is 82.4 cm³/mol. The van der Waals surface area contributed by atoms with Crippen molar-refractivity contribution < 1.29 is 4.74 Å². The summed E-state index contributed by atoms with van der Waals surface area (Å²) in [5, 5.41) is 0.672. The lowest BCUT2D eigenvalue weighted by atomic mass is 10.0. The minimum Gasteiger partial charge on any atom is -0.492 e. The lowest BCUT2D eigenvalue weighted by Gasteiger charge is -2.40. The molecule has 3 rings (SSSR count). The van der Waals surface area contributed by atoms with Crippen LogP contribution in [0.4, 0.5) is 5.82 Å². The smallest absolute Gasteiger partial charge is 0.147 e. The summed E-state index contributed by atoms with van der Waals surface area (Å²) in [7, 11) is 0. The number of hydrogen-bond donors (Lipinski definition) is 0. The summed E-state index contributed by atoms with van der Waals surface area (Å²) in [4.78, 5) is 10.5. The Balaban J connectivity index is 1.51. The van der Waals surface area contributed by atoms with Gasteiger partial charge in [0.2, 0.25) is 0 Å². The van der Waals surface area contributed by atoms with Crippen molar-refractivity contribution >= 4 is 33.3 Å². The summed E-state index contributed by atoms with van der Waals surface area (Å²) in [6.07, 6.45) is 5.23. The summed E-state index contributed by atoms with van der Waals surface area (Å²) in [6, 6.07) is 5.65. The molecule has 20 heavy (non-hydrogen) atoms. The maximum absolute atomic E-state index is 6.18. The molecule has 0 aliphatic carbocycles. The molecule has 0 aromatic carbocycles. The van der Waals surface area contributed by atoms with Crippen LogP contribution in [0, 0.1) is 5.92 Å². The lowest BCUT2D eigenvalue weighted by Crippen LogP contribution is -2.49. The first-order valence-corrected chi connectivity index (χ1v) is 7.48. The molecule has 104 valence electrons. The van der Waals surface area contributed by atoms with Gasteiger partial charge in [0.1, 0.15) is 11.6 Å². The van der Waals surface area contributed by atoms with Gasteiger partial charge in [-0.05, 0) is 34.1 Å². The van der Waals surface area contributed by atoms with Crippen molar-refractivity contribution in [2.24, 2.45) is 5.92 Å². The lowest BCUT2D eigenvalue weighted by molar-refractivity contribution is 0.219. The highest BCUT2D eigenvalue weighted by atomic mass is 79.9. The SMILES string of the molecule is Clc1cc(Br)cnc1N1CC(COc2cccnc2)C1. The second-order valence-electron chi connectivity index (χ2n) is 4.73. The quantitative estimate of drug-likeness (QED) is 0.843. The van der Waals surface area contributed by atoms with Crippen LogP contribution in [0.1, 0.15) is 0 Å². The molecule has 0 N–H and O–H groups in total. The van der Waals surface area contributed by atoms with Crippen molar-refractivity contribution in [1.82, 2.24) is 9.97 Å². The zero-order valence-corrected chi connectivity index (χ0v) is 13.0. The number of anilines is 1. The van der Waals surface area contributed by atoms with Gasteiger partial charge in [0, 0.05) is 35.9 Å². The fourth-order valence-electron chi connectivity index (χ4n) is 2.13. The summed E-state index contributed by atoms with van der Waals surface area (Å²) < 4.78 is 6.59. The van der Waals surface area contributed by atoms with Gasteiger partial charge < -0.3 is 9.64 Å². The molecule has 6 heteroatoms. The van der Waals surface area contributed by atoms with E-state index in [0.29, 0.717) is 17.5 Å². The molecule has 0 amide bonds. The first kappa shape index (κ1) is 13.6. The molecular formula is C14H13BrClN3O. The summed E-state index contributed by atoms with van der Waals surface area (Å²) in [5.41, 5.74) is 0. The van der Waals surface area contributed by atoms with Gasteiger partial charge in [0.25, 0.3) is 0 Å². The second kappa shape index (κ2) is 5.97. The van der Waals surface area contributed by atoms with Crippen molar-refractivity contribution in [3.8, 4) is 5.75 Å². The summed E-state index contributed by atoms with van der Waals surface area (Å²) >= 11 is 9.54. The van der Waals surface area contributed by atoms with Gasteiger partial charge in [-0.15, -0.1) is 0 Å². The summed E-state index contributed by atoms with van der Waals surface area (Å²) in [5.74, 6) is 2.15. The van der Waals surface area contributed by atoms with E-state index in [9.17, 15) is 0 Å². The summed E-state index contributed by atoms with van der Waals surface area (Å²) in [6.45, 7) is 2.51. The Morgan fingerprint density at radius 1 is 1.40 bits per heavy atom. The third-order valence-electron chi connectivity index (χ3n) is 3.17. The topological polar surface area (TPSA) is 38.2 Å². The normalized spacial score (nSPS) is 15.0. The van der Waals surface area contributed by atoms with E-state index >= 15 is 0 Å². The first-order valence-electron chi connectivity index (χ1n) is 6.31. The largest absolute Gasteiger partial charge is 0.492 e. The predicted octanol–water partition coefficient (Wildman–Crippen LogP) is 3.41. The number of nitrogens with zero attached hydrogens (tertiary/aromatic N) is 3. The van der Waals surface area contributed by atoms with E-state index < -0.39 is 0 Å². The Morgan fingerprint density at radius 2 is 2.25 bits per heavy atom. The monoisotopic (exact) mass is 353 g/mol. The Hall–Kier alpha value is -1.33. The third kappa shape index (κ3) is 3.04. The van der Waals surface area contributed by atoms with E-state index in [-0.39, 0.29) is 0 Å². The van der Waals surface area contributed by atoms with E-state index in [1.54, 1.807) is 18.6 Å². The first-order chi connectivity index (χ1) is 9.72. The van der Waals surface area contributed by atoms with Crippen LogP contribution in [0.2, 0.25) is 5.02 Å². The molecule has 0 bridgehead atoms. The average Bonchev–Trinajstić information content (AvgIpc) is 2.40. The molecule has 0 saturated carbocycles. The van der Waals surface area contributed by atoms with E-state index in [1.165, 1.54) is 0 Å². The molecule has 0 radical (unpaired) electrons. The molecule has 1 aliphatic heterocycles. The average molecular weight is 355 g/mol. The molecule has 0 unspecified atom stereocenters. The fourth-order valence-corrected chi connectivity index (χ4v) is 2.88. The van der Waals surface area contributed by atoms with Gasteiger partial charge in [-0.25, -0.2) is 4.98 Å². The zero-order valence-electron chi connectivity index (χ0n) is 10.7. The van der Waals surface area contributed by atoms with Gasteiger partial charge in [-0.2, -0.15) is 0 Å². The van der Waals surface area contributed by atoms with Crippen molar-refractivity contribution in [1.29, 1.82) is 0 Å². The van der Waals surface area contributed by atoms with Crippen LogP contribution in [-0.2, 0) is 0 Å². The van der Waals surface area contributed by atoms with Gasteiger partial charge in [-0.1, -0.05) is 11.6 Å². The zero-order chi connectivity index (χ0) is 13.9.